The Hall–Kier alpha value is -1.16. The molecule has 2 nitrogen and oxygen atoms in total. The zero-order chi connectivity index (χ0) is 13.8. The van der Waals surface area contributed by atoms with Crippen molar-refractivity contribution in [2.24, 2.45) is 0 Å². The molecule has 0 aliphatic rings. The molecule has 0 radical (unpaired) electrons. The standard InChI is InChI=1S/C16H21NOS/c1-11-5-4-6-14(9-11)15(18)10-17-13(3)16-8-7-12(2)19-16/h4-9,13,15,17-18H,10H2,1-3H3. The molecule has 1 heterocycles. The van der Waals surface area contributed by atoms with Crippen LogP contribution in [0, 0.1) is 13.8 Å². The van der Waals surface area contributed by atoms with Crippen LogP contribution in [0.5, 0.6) is 0 Å². The molecule has 1 aromatic carbocycles. The van der Waals surface area contributed by atoms with E-state index >= 15 is 0 Å². The topological polar surface area (TPSA) is 32.3 Å². The number of hydrogen-bond donors (Lipinski definition) is 2. The van der Waals surface area contributed by atoms with Crippen molar-refractivity contribution in [3.05, 3.63) is 57.3 Å². The van der Waals surface area contributed by atoms with Gasteiger partial charge < -0.3 is 10.4 Å². The van der Waals surface area contributed by atoms with Crippen LogP contribution in [-0.2, 0) is 0 Å². The smallest absolute Gasteiger partial charge is 0.0914 e. The van der Waals surface area contributed by atoms with Gasteiger partial charge in [-0.05, 0) is 38.5 Å². The Morgan fingerprint density at radius 1 is 1.21 bits per heavy atom. The maximum Gasteiger partial charge on any atom is 0.0914 e. The van der Waals surface area contributed by atoms with E-state index in [-0.39, 0.29) is 6.04 Å². The van der Waals surface area contributed by atoms with Crippen LogP contribution >= 0.6 is 11.3 Å². The molecule has 0 amide bonds. The highest BCUT2D eigenvalue weighted by molar-refractivity contribution is 7.12. The van der Waals surface area contributed by atoms with Crippen molar-refractivity contribution < 1.29 is 5.11 Å². The van der Waals surface area contributed by atoms with Gasteiger partial charge in [0.25, 0.3) is 0 Å². The summed E-state index contributed by atoms with van der Waals surface area (Å²) in [7, 11) is 0. The van der Waals surface area contributed by atoms with E-state index in [4.69, 9.17) is 0 Å². The summed E-state index contributed by atoms with van der Waals surface area (Å²) in [4.78, 5) is 2.64. The lowest BCUT2D eigenvalue weighted by atomic mass is 10.1. The van der Waals surface area contributed by atoms with Gasteiger partial charge in [-0.2, -0.15) is 0 Å². The van der Waals surface area contributed by atoms with Gasteiger partial charge in [0.15, 0.2) is 0 Å². The second-order valence-electron chi connectivity index (χ2n) is 5.01. The van der Waals surface area contributed by atoms with Crippen molar-refractivity contribution >= 4 is 11.3 Å². The molecule has 0 saturated carbocycles. The van der Waals surface area contributed by atoms with Crippen molar-refractivity contribution in [1.29, 1.82) is 0 Å². The summed E-state index contributed by atoms with van der Waals surface area (Å²) in [6.45, 7) is 6.86. The van der Waals surface area contributed by atoms with Crippen LogP contribution in [0.2, 0.25) is 0 Å². The SMILES string of the molecule is Cc1cccc(C(O)CNC(C)c2ccc(C)s2)c1. The minimum atomic E-state index is -0.455. The van der Waals surface area contributed by atoms with Gasteiger partial charge in [0.1, 0.15) is 0 Å². The number of aryl methyl sites for hydroxylation is 2. The predicted molar refractivity (Wildman–Crippen MR) is 81.6 cm³/mol. The number of hydrogen-bond acceptors (Lipinski definition) is 3. The average Bonchev–Trinajstić information content (AvgIpc) is 2.82. The van der Waals surface area contributed by atoms with E-state index in [0.717, 1.165) is 5.56 Å². The molecule has 0 spiro atoms. The molecule has 0 saturated heterocycles. The fourth-order valence-electron chi connectivity index (χ4n) is 2.07. The first-order valence-corrected chi connectivity index (χ1v) is 7.42. The normalized spacial score (nSPS) is 14.3. The van der Waals surface area contributed by atoms with Crippen LogP contribution in [-0.4, -0.2) is 11.7 Å². The highest BCUT2D eigenvalue weighted by atomic mass is 32.1. The first-order chi connectivity index (χ1) is 9.06. The number of nitrogens with one attached hydrogen (secondary N) is 1. The lowest BCUT2D eigenvalue weighted by Crippen LogP contribution is -2.24. The third-order valence-corrected chi connectivity index (χ3v) is 4.42. The molecule has 1 aromatic heterocycles. The Kier molecular flexibility index (Phi) is 4.75. The molecular weight excluding hydrogens is 254 g/mol. The van der Waals surface area contributed by atoms with Gasteiger partial charge in [-0.3, -0.25) is 0 Å². The lowest BCUT2D eigenvalue weighted by molar-refractivity contribution is 0.171. The molecule has 102 valence electrons. The minimum absolute atomic E-state index is 0.276. The molecule has 0 aliphatic heterocycles. The maximum atomic E-state index is 10.2. The zero-order valence-corrected chi connectivity index (χ0v) is 12.5. The van der Waals surface area contributed by atoms with E-state index in [2.05, 4.69) is 31.3 Å². The van der Waals surface area contributed by atoms with Crippen LogP contribution in [0.3, 0.4) is 0 Å². The molecule has 2 rings (SSSR count). The van der Waals surface area contributed by atoms with E-state index < -0.39 is 6.10 Å². The highest BCUT2D eigenvalue weighted by Crippen LogP contribution is 2.23. The maximum absolute atomic E-state index is 10.2. The second kappa shape index (κ2) is 6.33. The van der Waals surface area contributed by atoms with Gasteiger partial charge in [0.2, 0.25) is 0 Å². The molecule has 2 aromatic rings. The Labute approximate surface area is 119 Å². The molecular formula is C16H21NOS. The fraction of sp³-hybridized carbons (Fsp3) is 0.375. The van der Waals surface area contributed by atoms with Gasteiger partial charge in [0, 0.05) is 22.3 Å². The number of benzene rings is 1. The zero-order valence-electron chi connectivity index (χ0n) is 11.7. The highest BCUT2D eigenvalue weighted by Gasteiger charge is 2.11. The largest absolute Gasteiger partial charge is 0.387 e. The Morgan fingerprint density at radius 2 is 2.00 bits per heavy atom. The fourth-order valence-corrected chi connectivity index (χ4v) is 2.97. The van der Waals surface area contributed by atoms with Gasteiger partial charge in [-0.15, -0.1) is 11.3 Å². The number of rotatable bonds is 5. The molecule has 3 heteroatoms. The number of thiophene rings is 1. The van der Waals surface area contributed by atoms with Gasteiger partial charge in [-0.25, -0.2) is 0 Å². The van der Waals surface area contributed by atoms with Crippen molar-refractivity contribution in [2.75, 3.05) is 6.54 Å². The number of aliphatic hydroxyl groups is 1. The van der Waals surface area contributed by atoms with E-state index in [1.165, 1.54) is 15.3 Å². The molecule has 0 aliphatic carbocycles. The molecule has 0 fully saturated rings. The second-order valence-corrected chi connectivity index (χ2v) is 6.33. The van der Waals surface area contributed by atoms with Crippen molar-refractivity contribution in [3.8, 4) is 0 Å². The summed E-state index contributed by atoms with van der Waals surface area (Å²) in [5, 5.41) is 13.6. The van der Waals surface area contributed by atoms with E-state index in [1.54, 1.807) is 11.3 Å². The average molecular weight is 275 g/mol. The third-order valence-electron chi connectivity index (χ3n) is 3.23. The summed E-state index contributed by atoms with van der Waals surface area (Å²) >= 11 is 1.80. The first kappa shape index (κ1) is 14.3. The quantitative estimate of drug-likeness (QED) is 0.871. The van der Waals surface area contributed by atoms with Gasteiger partial charge >= 0.3 is 0 Å². The summed E-state index contributed by atoms with van der Waals surface area (Å²) in [6.07, 6.45) is -0.455. The van der Waals surface area contributed by atoms with Crippen molar-refractivity contribution in [2.45, 2.75) is 32.9 Å². The van der Waals surface area contributed by atoms with Crippen LogP contribution < -0.4 is 5.32 Å². The molecule has 2 unspecified atom stereocenters. The van der Waals surface area contributed by atoms with E-state index in [0.29, 0.717) is 6.54 Å². The van der Waals surface area contributed by atoms with E-state index in [9.17, 15) is 5.11 Å². The number of aliphatic hydroxyl groups excluding tert-OH is 1. The van der Waals surface area contributed by atoms with Crippen LogP contribution in [0.4, 0.5) is 0 Å². The van der Waals surface area contributed by atoms with E-state index in [1.807, 2.05) is 31.2 Å². The lowest BCUT2D eigenvalue weighted by Gasteiger charge is -2.16. The predicted octanol–water partition coefficient (Wildman–Crippen LogP) is 3.75. The summed E-state index contributed by atoms with van der Waals surface area (Å²) < 4.78 is 0. The summed E-state index contributed by atoms with van der Waals surface area (Å²) in [5.74, 6) is 0. The Bertz CT molecular complexity index is 535. The minimum Gasteiger partial charge on any atom is -0.387 e. The van der Waals surface area contributed by atoms with Crippen LogP contribution in [0.15, 0.2) is 36.4 Å². The third kappa shape index (κ3) is 3.90. The molecule has 2 atom stereocenters. The molecule has 2 N–H and O–H groups in total. The first-order valence-electron chi connectivity index (χ1n) is 6.60. The van der Waals surface area contributed by atoms with Gasteiger partial charge in [0.05, 0.1) is 6.10 Å². The summed E-state index contributed by atoms with van der Waals surface area (Å²) in [5.41, 5.74) is 2.15. The summed E-state index contributed by atoms with van der Waals surface area (Å²) in [6, 6.07) is 12.6. The molecule has 0 bridgehead atoms. The Balaban J connectivity index is 1.91. The molecule has 19 heavy (non-hydrogen) atoms. The van der Waals surface area contributed by atoms with Crippen LogP contribution in [0.1, 0.15) is 40.0 Å². The van der Waals surface area contributed by atoms with Gasteiger partial charge in [-0.1, -0.05) is 29.8 Å². The monoisotopic (exact) mass is 275 g/mol. The Morgan fingerprint density at radius 3 is 2.63 bits per heavy atom. The van der Waals surface area contributed by atoms with Crippen molar-refractivity contribution in [3.63, 3.8) is 0 Å². The van der Waals surface area contributed by atoms with Crippen molar-refractivity contribution in [1.82, 2.24) is 5.32 Å². The van der Waals surface area contributed by atoms with Crippen LogP contribution in [0.25, 0.3) is 0 Å².